The van der Waals surface area contributed by atoms with Crippen LogP contribution in [0.25, 0.3) is 56.0 Å². The van der Waals surface area contributed by atoms with Gasteiger partial charge in [-0.1, -0.05) is 99.6 Å². The topological polar surface area (TPSA) is 44.9 Å². The van der Waals surface area contributed by atoms with Gasteiger partial charge in [0.15, 0.2) is 0 Å². The van der Waals surface area contributed by atoms with Crippen LogP contribution in [-0.4, -0.2) is 19.1 Å². The first kappa shape index (κ1) is 28.5. The summed E-state index contributed by atoms with van der Waals surface area (Å²) < 4.78 is 11.0. The molecule has 5 heteroatoms. The number of hydrogen-bond donors (Lipinski definition) is 0. The van der Waals surface area contributed by atoms with E-state index < -0.39 is 0 Å². The van der Waals surface area contributed by atoms with Gasteiger partial charge in [-0.3, -0.25) is 9.13 Å². The number of imidazole rings is 1. The van der Waals surface area contributed by atoms with Crippen molar-refractivity contribution >= 4 is 21.8 Å². The highest BCUT2D eigenvalue weighted by Gasteiger charge is 2.19. The summed E-state index contributed by atoms with van der Waals surface area (Å²) in [6.07, 6.45) is 4.01. The first-order valence-corrected chi connectivity index (χ1v) is 15.9. The minimum absolute atomic E-state index is 0.00677. The highest BCUT2D eigenvalue weighted by Crippen LogP contribution is 2.37. The molecule has 8 rings (SSSR count). The molecule has 3 heterocycles. The number of nitrogens with zero attached hydrogens (tertiary/aromatic N) is 4. The molecule has 0 radical (unpaired) electrons. The summed E-state index contributed by atoms with van der Waals surface area (Å²) in [5, 5.41) is 2.34. The monoisotopic (exact) mass is 610 g/mol. The van der Waals surface area contributed by atoms with Gasteiger partial charge in [0, 0.05) is 46.0 Å². The van der Waals surface area contributed by atoms with E-state index in [1.165, 1.54) is 10.9 Å². The van der Waals surface area contributed by atoms with Gasteiger partial charge >= 0.3 is 0 Å². The molecule has 0 aliphatic heterocycles. The van der Waals surface area contributed by atoms with Crippen LogP contribution in [0.1, 0.15) is 26.3 Å². The van der Waals surface area contributed by atoms with E-state index >= 15 is 0 Å². The Morgan fingerprint density at radius 2 is 1.30 bits per heavy atom. The van der Waals surface area contributed by atoms with Crippen molar-refractivity contribution in [1.82, 2.24) is 19.1 Å². The molecule has 5 aromatic carbocycles. The summed E-state index contributed by atoms with van der Waals surface area (Å²) in [6, 6.07) is 47.9. The second-order valence-electron chi connectivity index (χ2n) is 12.8. The fraction of sp³-hybridized carbons (Fsp3) is 0.0952. The number of fused-ring (bicyclic) bond motifs is 3. The first-order chi connectivity index (χ1) is 22.9. The lowest BCUT2D eigenvalue weighted by Crippen LogP contribution is -2.12. The fourth-order valence-electron chi connectivity index (χ4n) is 6.22. The van der Waals surface area contributed by atoms with E-state index in [1.54, 1.807) is 0 Å². The maximum Gasteiger partial charge on any atom is 0.145 e. The highest BCUT2D eigenvalue weighted by molar-refractivity contribution is 6.09. The Kier molecular flexibility index (Phi) is 6.95. The normalized spacial score (nSPS) is 11.7. The number of pyridine rings is 1. The van der Waals surface area contributed by atoms with E-state index in [0.717, 1.165) is 62.1 Å². The maximum atomic E-state index is 6.58. The molecular weight excluding hydrogens is 576 g/mol. The van der Waals surface area contributed by atoms with Gasteiger partial charge in [0.1, 0.15) is 23.1 Å². The number of hydrogen-bond acceptors (Lipinski definition) is 3. The molecule has 0 bridgehead atoms. The number of aromatic nitrogens is 4. The molecule has 0 saturated carbocycles. The van der Waals surface area contributed by atoms with Gasteiger partial charge in [-0.25, -0.2) is 9.97 Å². The zero-order chi connectivity index (χ0) is 32.0. The van der Waals surface area contributed by atoms with Crippen molar-refractivity contribution in [2.45, 2.75) is 26.2 Å². The second kappa shape index (κ2) is 11.5. The fourth-order valence-corrected chi connectivity index (χ4v) is 6.22. The molecule has 0 amide bonds. The van der Waals surface area contributed by atoms with E-state index in [1.807, 2.05) is 60.8 Å². The minimum atomic E-state index is 0.00677. The average Bonchev–Trinajstić information content (AvgIpc) is 3.69. The number of benzene rings is 5. The summed E-state index contributed by atoms with van der Waals surface area (Å²) in [6.45, 7) is 6.69. The van der Waals surface area contributed by atoms with Crippen LogP contribution in [0.15, 0.2) is 152 Å². The third kappa shape index (κ3) is 5.36. The largest absolute Gasteiger partial charge is 0.457 e. The Morgan fingerprint density at radius 1 is 0.596 bits per heavy atom. The molecule has 47 heavy (non-hydrogen) atoms. The van der Waals surface area contributed by atoms with Crippen molar-refractivity contribution in [1.29, 1.82) is 0 Å². The van der Waals surface area contributed by atoms with Crippen molar-refractivity contribution in [3.8, 4) is 45.6 Å². The van der Waals surface area contributed by atoms with Crippen LogP contribution in [0, 0.1) is 0 Å². The molecular formula is C42H34N4O. The van der Waals surface area contributed by atoms with E-state index in [0.29, 0.717) is 0 Å². The molecule has 228 valence electrons. The minimum Gasteiger partial charge on any atom is -0.457 e. The predicted molar refractivity (Wildman–Crippen MR) is 192 cm³/mol. The SMILES string of the molecule is CC(C)(C)c1ccnc(-n2c3ccccc3c3ccc(Oc4cccc(-c5nc(-c6ccccc6)cn5-c5ccccc5)c4)cc32)c1. The van der Waals surface area contributed by atoms with E-state index in [-0.39, 0.29) is 5.41 Å². The van der Waals surface area contributed by atoms with Crippen LogP contribution in [-0.2, 0) is 5.41 Å². The van der Waals surface area contributed by atoms with Crippen molar-refractivity contribution in [3.63, 3.8) is 0 Å². The molecule has 0 fully saturated rings. The lowest BCUT2D eigenvalue weighted by atomic mass is 9.88. The van der Waals surface area contributed by atoms with Gasteiger partial charge in [-0.2, -0.15) is 0 Å². The molecule has 0 aliphatic carbocycles. The van der Waals surface area contributed by atoms with Crippen LogP contribution < -0.4 is 4.74 Å². The molecule has 0 saturated heterocycles. The van der Waals surface area contributed by atoms with Gasteiger partial charge in [0.05, 0.1) is 16.7 Å². The predicted octanol–water partition coefficient (Wildman–Crippen LogP) is 10.8. The molecule has 3 aromatic heterocycles. The van der Waals surface area contributed by atoms with Gasteiger partial charge in [0.25, 0.3) is 0 Å². The van der Waals surface area contributed by atoms with Gasteiger partial charge in [-0.05, 0) is 65.6 Å². The number of ether oxygens (including phenoxy) is 1. The lowest BCUT2D eigenvalue weighted by molar-refractivity contribution is 0.483. The smallest absolute Gasteiger partial charge is 0.145 e. The maximum absolute atomic E-state index is 6.58. The van der Waals surface area contributed by atoms with E-state index in [4.69, 9.17) is 14.7 Å². The Bertz CT molecular complexity index is 2360. The second-order valence-corrected chi connectivity index (χ2v) is 12.8. The third-order valence-corrected chi connectivity index (χ3v) is 8.62. The Hall–Kier alpha value is -5.94. The van der Waals surface area contributed by atoms with Crippen LogP contribution in [0.5, 0.6) is 11.5 Å². The zero-order valence-electron chi connectivity index (χ0n) is 26.6. The summed E-state index contributed by atoms with van der Waals surface area (Å²) in [4.78, 5) is 9.93. The highest BCUT2D eigenvalue weighted by atomic mass is 16.5. The molecule has 0 atom stereocenters. The average molecular weight is 611 g/mol. The molecule has 0 aliphatic rings. The molecule has 0 spiro atoms. The molecule has 0 N–H and O–H groups in total. The van der Waals surface area contributed by atoms with E-state index in [9.17, 15) is 0 Å². The molecule has 5 nitrogen and oxygen atoms in total. The van der Waals surface area contributed by atoms with Crippen molar-refractivity contribution in [3.05, 3.63) is 157 Å². The van der Waals surface area contributed by atoms with Gasteiger partial charge in [0.2, 0.25) is 0 Å². The summed E-state index contributed by atoms with van der Waals surface area (Å²) >= 11 is 0. The Balaban J connectivity index is 1.21. The summed E-state index contributed by atoms with van der Waals surface area (Å²) in [5.74, 6) is 3.23. The van der Waals surface area contributed by atoms with Crippen LogP contribution in [0.3, 0.4) is 0 Å². The number of rotatable bonds is 6. The Labute approximate surface area is 274 Å². The van der Waals surface area contributed by atoms with Crippen molar-refractivity contribution in [2.24, 2.45) is 0 Å². The van der Waals surface area contributed by atoms with Crippen molar-refractivity contribution in [2.75, 3.05) is 0 Å². The quantitative estimate of drug-likeness (QED) is 0.188. The van der Waals surface area contributed by atoms with Crippen LogP contribution in [0.4, 0.5) is 0 Å². The van der Waals surface area contributed by atoms with Gasteiger partial charge < -0.3 is 4.74 Å². The summed E-state index contributed by atoms with van der Waals surface area (Å²) in [5.41, 5.74) is 7.40. The Morgan fingerprint density at radius 3 is 2.11 bits per heavy atom. The van der Waals surface area contributed by atoms with E-state index in [2.05, 4.69) is 121 Å². The van der Waals surface area contributed by atoms with Gasteiger partial charge in [-0.15, -0.1) is 0 Å². The zero-order valence-corrected chi connectivity index (χ0v) is 26.6. The third-order valence-electron chi connectivity index (χ3n) is 8.62. The number of para-hydroxylation sites is 2. The first-order valence-electron chi connectivity index (χ1n) is 15.9. The van der Waals surface area contributed by atoms with Crippen LogP contribution in [0.2, 0.25) is 0 Å². The molecule has 0 unspecified atom stereocenters. The van der Waals surface area contributed by atoms with Crippen LogP contribution >= 0.6 is 0 Å². The molecule has 8 aromatic rings. The summed E-state index contributed by atoms with van der Waals surface area (Å²) in [7, 11) is 0. The standard InChI is InChI=1S/C42H34N4O/c1-42(2,3)31-23-24-43-40(26-31)46-38-20-11-10-19-35(38)36-22-21-34(27-39(36)46)47-33-18-12-15-30(25-33)41-44-37(29-13-6-4-7-14-29)28-45(41)32-16-8-5-9-17-32/h4-28H,1-3H3. The van der Waals surface area contributed by atoms with Crippen molar-refractivity contribution < 1.29 is 4.74 Å². The lowest BCUT2D eigenvalue weighted by Gasteiger charge is -2.20.